The van der Waals surface area contributed by atoms with E-state index >= 15 is 0 Å². The van der Waals surface area contributed by atoms with Crippen LogP contribution in [0.5, 0.6) is 0 Å². The van der Waals surface area contributed by atoms with E-state index in [1.54, 1.807) is 27.7 Å². The minimum absolute atomic E-state index is 0.0958. The zero-order chi connectivity index (χ0) is 44.0. The Kier molecular flexibility index (Phi) is 19.6. The summed E-state index contributed by atoms with van der Waals surface area (Å²) in [5, 5.41) is 44.3. The molecule has 0 aromatic heterocycles. The summed E-state index contributed by atoms with van der Waals surface area (Å²) < 4.78 is 0. The van der Waals surface area contributed by atoms with E-state index in [2.05, 4.69) is 31.9 Å². The molecule has 2 rings (SSSR count). The van der Waals surface area contributed by atoms with E-state index in [1.807, 2.05) is 0 Å². The predicted octanol–water partition coefficient (Wildman–Crippen LogP) is -4.49. The van der Waals surface area contributed by atoms with Crippen LogP contribution in [0.15, 0.2) is 0 Å². The molecule has 10 atom stereocenters. The van der Waals surface area contributed by atoms with Crippen molar-refractivity contribution in [2.45, 2.75) is 141 Å². The number of rotatable bonds is 21. The number of likely N-dealkylation sites (tertiary alicyclic amines) is 2. The number of nitrogens with one attached hydrogen (secondary N) is 6. The minimum atomic E-state index is -1.52. The fourth-order valence-electron chi connectivity index (χ4n) is 6.64. The van der Waals surface area contributed by atoms with Crippen LogP contribution in [0.1, 0.15) is 80.6 Å². The van der Waals surface area contributed by atoms with Crippen LogP contribution in [0.3, 0.4) is 0 Å². The lowest BCUT2D eigenvalue weighted by molar-refractivity contribution is -0.149. The third kappa shape index (κ3) is 14.0. The van der Waals surface area contributed by atoms with Gasteiger partial charge in [0.2, 0.25) is 47.3 Å². The van der Waals surface area contributed by atoms with Gasteiger partial charge in [-0.15, -0.1) is 0 Å². The van der Waals surface area contributed by atoms with Gasteiger partial charge in [-0.25, -0.2) is 0 Å². The number of aliphatic hydroxyl groups excluding tert-OH is 3. The summed E-state index contributed by atoms with van der Waals surface area (Å²) in [4.78, 5) is 119. The van der Waals surface area contributed by atoms with Gasteiger partial charge in [0.15, 0.2) is 0 Å². The number of nitrogens with zero attached hydrogens (tertiary/aromatic N) is 2. The summed E-state index contributed by atoms with van der Waals surface area (Å²) in [5.41, 5.74) is 5.56. The van der Waals surface area contributed by atoms with Crippen LogP contribution in [-0.2, 0) is 43.2 Å². The van der Waals surface area contributed by atoms with Crippen molar-refractivity contribution in [1.82, 2.24) is 41.7 Å². The highest BCUT2D eigenvalue weighted by Gasteiger charge is 2.45. The van der Waals surface area contributed by atoms with E-state index in [-0.39, 0.29) is 31.8 Å². The summed E-state index contributed by atoms with van der Waals surface area (Å²) in [6.45, 7) is 10.0. The Morgan fingerprint density at radius 1 is 0.724 bits per heavy atom. The highest BCUT2D eigenvalue weighted by atomic mass is 16.3. The lowest BCUT2D eigenvalue weighted by Crippen LogP contribution is -2.61. The predicted molar refractivity (Wildman–Crippen MR) is 207 cm³/mol. The molecule has 11 N–H and O–H groups in total. The first-order valence-electron chi connectivity index (χ1n) is 19.7. The fraction of sp³-hybridized carbons (Fsp3) is 0.757. The van der Waals surface area contributed by atoms with E-state index < -0.39 is 127 Å². The quantitative estimate of drug-likeness (QED) is 0.0489. The Bertz CT molecular complexity index is 1490. The number of carbonyl (C=O) groups is 9. The molecule has 2 fully saturated rings. The van der Waals surface area contributed by atoms with Crippen LogP contribution in [0, 0.1) is 11.8 Å². The Hall–Kier alpha value is -4.73. The molecular formula is C37H63N9O12. The highest BCUT2D eigenvalue weighted by Crippen LogP contribution is 2.26. The number of hydrogen-bond acceptors (Lipinski definition) is 13. The number of aldehydes is 1. The third-order valence-electron chi connectivity index (χ3n) is 10.00. The Morgan fingerprint density at radius 3 is 1.86 bits per heavy atom. The first-order valence-corrected chi connectivity index (χ1v) is 19.7. The van der Waals surface area contributed by atoms with Crippen molar-refractivity contribution in [3.63, 3.8) is 0 Å². The molecule has 21 nitrogen and oxygen atoms in total. The average molecular weight is 826 g/mol. The van der Waals surface area contributed by atoms with Crippen LogP contribution in [0.25, 0.3) is 0 Å². The molecular weight excluding hydrogens is 762 g/mol. The average Bonchev–Trinajstić information content (AvgIpc) is 3.86. The van der Waals surface area contributed by atoms with Crippen molar-refractivity contribution < 1.29 is 58.5 Å². The van der Waals surface area contributed by atoms with Crippen LogP contribution in [-0.4, -0.2) is 165 Å². The largest absolute Gasteiger partial charge is 0.394 e. The number of carbonyl (C=O) groups excluding carboxylic acids is 9. The molecule has 2 heterocycles. The molecule has 0 aromatic carbocycles. The van der Waals surface area contributed by atoms with Crippen LogP contribution >= 0.6 is 0 Å². The normalized spacial score (nSPS) is 20.8. The highest BCUT2D eigenvalue weighted by molar-refractivity contribution is 5.98. The monoisotopic (exact) mass is 825 g/mol. The van der Waals surface area contributed by atoms with Gasteiger partial charge in [0, 0.05) is 13.1 Å². The van der Waals surface area contributed by atoms with Crippen LogP contribution in [0.4, 0.5) is 0 Å². The number of nitrogens with two attached hydrogens (primary N) is 1. The molecule has 21 heteroatoms. The van der Waals surface area contributed by atoms with Crippen LogP contribution < -0.4 is 37.6 Å². The second kappa shape index (κ2) is 23.0. The van der Waals surface area contributed by atoms with E-state index in [4.69, 9.17) is 5.73 Å². The summed E-state index contributed by atoms with van der Waals surface area (Å²) >= 11 is 0. The smallest absolute Gasteiger partial charge is 0.248 e. The van der Waals surface area contributed by atoms with Gasteiger partial charge in [0.1, 0.15) is 54.6 Å². The molecule has 0 unspecified atom stereocenters. The Balaban J connectivity index is 2.13. The number of amides is 8. The van der Waals surface area contributed by atoms with Gasteiger partial charge < -0.3 is 67.5 Å². The summed E-state index contributed by atoms with van der Waals surface area (Å²) in [5.74, 6) is -6.28. The number of hydrogen-bond donors (Lipinski definition) is 10. The molecule has 0 aromatic rings. The molecule has 2 saturated heterocycles. The van der Waals surface area contributed by atoms with Gasteiger partial charge >= 0.3 is 0 Å². The Labute approximate surface area is 338 Å². The summed E-state index contributed by atoms with van der Waals surface area (Å²) in [6, 6.07) is -9.42. The van der Waals surface area contributed by atoms with Crippen molar-refractivity contribution in [3.05, 3.63) is 0 Å². The van der Waals surface area contributed by atoms with Crippen molar-refractivity contribution in [3.8, 4) is 0 Å². The van der Waals surface area contributed by atoms with Crippen molar-refractivity contribution in [1.29, 1.82) is 0 Å². The van der Waals surface area contributed by atoms with E-state index in [0.29, 0.717) is 25.5 Å². The molecule has 8 amide bonds. The standard InChI is InChI=1S/C37H63N9O12/c1-18(2)14-24(42-31(52)20(5)40-35(56)29(19(3)4)43-27(51)15-39-34(55)28(38)21(6)49)32(53)44-30(22(7)50)37(58)46-13-9-11-26(46)36(57)45-12-8-10-25(45)33(54)41-23(16-47)17-48/h16,18-26,28-30,48-50H,8-15,17,38H2,1-7H3,(H,39,55)(H,40,56)(H,41,54)(H,42,52)(H,43,51)(H,44,53)/t20-,21+,22+,23+,24-,25-,26-,28-,29-,30-/m0/s1. The maximum absolute atomic E-state index is 13.9. The van der Waals surface area contributed by atoms with E-state index in [1.165, 1.54) is 30.6 Å². The van der Waals surface area contributed by atoms with Gasteiger partial charge in [-0.1, -0.05) is 27.7 Å². The molecule has 0 radical (unpaired) electrons. The molecule has 0 aliphatic carbocycles. The number of aliphatic hydroxyl groups is 3. The van der Waals surface area contributed by atoms with Gasteiger partial charge in [-0.3, -0.25) is 38.4 Å². The first-order chi connectivity index (χ1) is 27.1. The fourth-order valence-corrected chi connectivity index (χ4v) is 6.64. The zero-order valence-corrected chi connectivity index (χ0v) is 34.4. The van der Waals surface area contributed by atoms with E-state index in [0.717, 1.165) is 0 Å². The molecule has 0 bridgehead atoms. The second-order valence-corrected chi connectivity index (χ2v) is 15.7. The molecule has 0 spiro atoms. The summed E-state index contributed by atoms with van der Waals surface area (Å²) in [7, 11) is 0. The lowest BCUT2D eigenvalue weighted by atomic mass is 10.0. The molecule has 328 valence electrons. The van der Waals surface area contributed by atoms with Crippen molar-refractivity contribution in [2.24, 2.45) is 17.6 Å². The molecule has 2 aliphatic heterocycles. The minimum Gasteiger partial charge on any atom is -0.394 e. The van der Waals surface area contributed by atoms with Crippen molar-refractivity contribution >= 4 is 53.5 Å². The maximum atomic E-state index is 13.9. The van der Waals surface area contributed by atoms with Gasteiger partial charge in [-0.2, -0.15) is 0 Å². The van der Waals surface area contributed by atoms with Crippen LogP contribution in [0.2, 0.25) is 0 Å². The van der Waals surface area contributed by atoms with Gasteiger partial charge in [0.25, 0.3) is 0 Å². The van der Waals surface area contributed by atoms with Gasteiger partial charge in [-0.05, 0) is 64.7 Å². The SMILES string of the molecule is CC(C)C[C@H](NC(=O)[C@H](C)NC(=O)[C@@H](NC(=O)CNC(=O)[C@@H](N)[C@@H](C)O)C(C)C)C(=O)N[C@H](C(=O)N1CCC[C@H]1C(=O)N1CCC[C@H]1C(=O)N[C@H](C=O)CO)[C@@H](C)O. The van der Waals surface area contributed by atoms with Crippen molar-refractivity contribution in [2.75, 3.05) is 26.2 Å². The first kappa shape index (κ1) is 49.4. The third-order valence-corrected chi connectivity index (χ3v) is 10.00. The van der Waals surface area contributed by atoms with Gasteiger partial charge in [0.05, 0.1) is 25.4 Å². The Morgan fingerprint density at radius 2 is 1.33 bits per heavy atom. The molecule has 2 aliphatic rings. The van der Waals surface area contributed by atoms with E-state index in [9.17, 15) is 58.5 Å². The second-order valence-electron chi connectivity index (χ2n) is 15.7. The summed E-state index contributed by atoms with van der Waals surface area (Å²) in [6.07, 6.45) is -0.621. The zero-order valence-electron chi connectivity index (χ0n) is 34.4. The molecule has 58 heavy (non-hydrogen) atoms. The molecule has 0 saturated carbocycles. The topological polar surface area (TPSA) is 319 Å². The maximum Gasteiger partial charge on any atom is 0.248 e. The lowest BCUT2D eigenvalue weighted by Gasteiger charge is -2.34.